The van der Waals surface area contributed by atoms with Crippen molar-refractivity contribution >= 4 is 42.3 Å². The van der Waals surface area contributed by atoms with Gasteiger partial charge in [-0.2, -0.15) is 0 Å². The predicted molar refractivity (Wildman–Crippen MR) is 118 cm³/mol. The maximum Gasteiger partial charge on any atom is 0.258 e. The van der Waals surface area contributed by atoms with Crippen LogP contribution in [0.25, 0.3) is 0 Å². The molecule has 0 atom stereocenters. The van der Waals surface area contributed by atoms with Gasteiger partial charge in [-0.25, -0.2) is 0 Å². The summed E-state index contributed by atoms with van der Waals surface area (Å²) >= 11 is 6.12. The van der Waals surface area contributed by atoms with Crippen LogP contribution in [-0.2, 0) is 16.1 Å². The van der Waals surface area contributed by atoms with Crippen LogP contribution < -0.4 is 15.4 Å². The van der Waals surface area contributed by atoms with Crippen molar-refractivity contribution < 1.29 is 14.3 Å². The van der Waals surface area contributed by atoms with Gasteiger partial charge in [0.25, 0.3) is 5.91 Å². The molecule has 28 heavy (non-hydrogen) atoms. The highest BCUT2D eigenvalue weighted by atomic mass is 35.5. The molecule has 6 nitrogen and oxygen atoms in total. The molecule has 1 fully saturated rings. The first-order chi connectivity index (χ1) is 12.3. The Morgan fingerprint density at radius 1 is 1.25 bits per heavy atom. The number of morpholine rings is 1. The number of rotatable bonds is 8. The summed E-state index contributed by atoms with van der Waals surface area (Å²) in [4.78, 5) is 14.3. The van der Waals surface area contributed by atoms with E-state index in [4.69, 9.17) is 21.1 Å². The van der Waals surface area contributed by atoms with E-state index in [1.165, 1.54) is 0 Å². The van der Waals surface area contributed by atoms with Crippen molar-refractivity contribution in [1.29, 1.82) is 0 Å². The highest BCUT2D eigenvalue weighted by Gasteiger charge is 2.15. The summed E-state index contributed by atoms with van der Waals surface area (Å²) in [6.45, 7) is 11.9. The molecule has 1 saturated heterocycles. The van der Waals surface area contributed by atoms with Crippen LogP contribution in [0, 0.1) is 0 Å². The summed E-state index contributed by atoms with van der Waals surface area (Å²) < 4.78 is 11.1. The van der Waals surface area contributed by atoms with Gasteiger partial charge >= 0.3 is 0 Å². The molecule has 0 radical (unpaired) electrons. The van der Waals surface area contributed by atoms with Crippen molar-refractivity contribution in [2.45, 2.75) is 32.9 Å². The third-order valence-electron chi connectivity index (χ3n) is 3.92. The Morgan fingerprint density at radius 3 is 2.57 bits per heavy atom. The number of halogens is 3. The second-order valence-electron chi connectivity index (χ2n) is 7.47. The average Bonchev–Trinajstić information content (AvgIpc) is 2.57. The lowest BCUT2D eigenvalue weighted by Gasteiger charge is -2.26. The fourth-order valence-corrected chi connectivity index (χ4v) is 2.90. The van der Waals surface area contributed by atoms with Gasteiger partial charge in [-0.05, 0) is 39.0 Å². The van der Waals surface area contributed by atoms with Crippen molar-refractivity contribution in [2.75, 3.05) is 46.0 Å². The van der Waals surface area contributed by atoms with E-state index < -0.39 is 0 Å². The monoisotopic (exact) mass is 455 g/mol. The van der Waals surface area contributed by atoms with E-state index in [0.717, 1.165) is 45.0 Å². The second kappa shape index (κ2) is 13.5. The number of amides is 1. The van der Waals surface area contributed by atoms with Crippen LogP contribution in [0.3, 0.4) is 0 Å². The van der Waals surface area contributed by atoms with Gasteiger partial charge < -0.3 is 20.1 Å². The number of hydrogen-bond donors (Lipinski definition) is 2. The van der Waals surface area contributed by atoms with E-state index in [1.54, 1.807) is 6.07 Å². The molecule has 1 aromatic carbocycles. The zero-order valence-corrected chi connectivity index (χ0v) is 19.1. The molecule has 9 heteroatoms. The quantitative estimate of drug-likeness (QED) is 0.589. The van der Waals surface area contributed by atoms with Gasteiger partial charge in [-0.3, -0.25) is 9.69 Å². The standard InChI is InChI=1S/C19H30ClN3O3.2ClH/c1-19(2,3)22-18(24)14-26-17-5-4-16(20)12-15(17)13-21-6-7-23-8-10-25-11-9-23;;/h4-5,12,21H,6-11,13-14H2,1-3H3,(H,22,24);2*1H. The van der Waals surface area contributed by atoms with Gasteiger partial charge in [0, 0.05) is 48.8 Å². The fourth-order valence-electron chi connectivity index (χ4n) is 2.71. The summed E-state index contributed by atoms with van der Waals surface area (Å²) in [6.07, 6.45) is 0. The third-order valence-corrected chi connectivity index (χ3v) is 4.15. The molecule has 0 unspecified atom stereocenters. The van der Waals surface area contributed by atoms with Gasteiger partial charge in [-0.15, -0.1) is 24.8 Å². The van der Waals surface area contributed by atoms with Crippen molar-refractivity contribution in [3.05, 3.63) is 28.8 Å². The molecule has 1 aromatic rings. The number of hydrogen-bond acceptors (Lipinski definition) is 5. The maximum absolute atomic E-state index is 12.0. The first kappa shape index (κ1) is 27.2. The summed E-state index contributed by atoms with van der Waals surface area (Å²) in [7, 11) is 0. The summed E-state index contributed by atoms with van der Waals surface area (Å²) in [6, 6.07) is 5.46. The van der Waals surface area contributed by atoms with Crippen LogP contribution in [0.1, 0.15) is 26.3 Å². The van der Waals surface area contributed by atoms with Crippen molar-refractivity contribution in [2.24, 2.45) is 0 Å². The molecule has 0 aliphatic carbocycles. The van der Waals surface area contributed by atoms with E-state index in [-0.39, 0.29) is 42.9 Å². The number of carbonyl (C=O) groups is 1. The van der Waals surface area contributed by atoms with Gasteiger partial charge in [0.15, 0.2) is 6.61 Å². The smallest absolute Gasteiger partial charge is 0.258 e. The van der Waals surface area contributed by atoms with Crippen molar-refractivity contribution in [3.8, 4) is 5.75 Å². The van der Waals surface area contributed by atoms with Gasteiger partial charge in [0.2, 0.25) is 0 Å². The number of nitrogens with one attached hydrogen (secondary N) is 2. The first-order valence-corrected chi connectivity index (χ1v) is 9.44. The lowest BCUT2D eigenvalue weighted by atomic mass is 10.1. The van der Waals surface area contributed by atoms with E-state index in [2.05, 4.69) is 15.5 Å². The first-order valence-electron chi connectivity index (χ1n) is 9.06. The topological polar surface area (TPSA) is 62.8 Å². The van der Waals surface area contributed by atoms with Gasteiger partial charge in [-0.1, -0.05) is 11.6 Å². The van der Waals surface area contributed by atoms with E-state index >= 15 is 0 Å². The molecule has 0 spiro atoms. The molecule has 1 heterocycles. The summed E-state index contributed by atoms with van der Waals surface area (Å²) in [5.41, 5.74) is 0.674. The molecule has 1 aliphatic rings. The molecule has 2 rings (SSSR count). The van der Waals surface area contributed by atoms with Crippen molar-refractivity contribution in [1.82, 2.24) is 15.5 Å². The Labute approximate surface area is 185 Å². The Kier molecular flexibility index (Phi) is 13.1. The zero-order chi connectivity index (χ0) is 19.0. The summed E-state index contributed by atoms with van der Waals surface area (Å²) in [5.74, 6) is 0.538. The normalized spacial score (nSPS) is 14.6. The molecular weight excluding hydrogens is 425 g/mol. The summed E-state index contributed by atoms with van der Waals surface area (Å²) in [5, 5.41) is 6.96. The molecule has 1 aliphatic heterocycles. The lowest BCUT2D eigenvalue weighted by Crippen LogP contribution is -2.43. The number of carbonyl (C=O) groups excluding carboxylic acids is 1. The van der Waals surface area contributed by atoms with E-state index in [0.29, 0.717) is 17.3 Å². The van der Waals surface area contributed by atoms with Crippen LogP contribution in [0.15, 0.2) is 18.2 Å². The molecule has 162 valence electrons. The number of ether oxygens (including phenoxy) is 2. The second-order valence-corrected chi connectivity index (χ2v) is 7.91. The maximum atomic E-state index is 12.0. The fraction of sp³-hybridized carbons (Fsp3) is 0.632. The minimum Gasteiger partial charge on any atom is -0.483 e. The number of benzene rings is 1. The predicted octanol–water partition coefficient (Wildman–Crippen LogP) is 2.90. The minimum absolute atomic E-state index is 0. The molecular formula is C19H32Cl3N3O3. The van der Waals surface area contributed by atoms with Crippen LogP contribution in [0.2, 0.25) is 5.02 Å². The van der Waals surface area contributed by atoms with Crippen LogP contribution in [0.4, 0.5) is 0 Å². The molecule has 0 bridgehead atoms. The molecule has 2 N–H and O–H groups in total. The van der Waals surface area contributed by atoms with Gasteiger partial charge in [0.05, 0.1) is 13.2 Å². The Hall–Kier alpha value is -0.760. The molecule has 1 amide bonds. The Morgan fingerprint density at radius 2 is 1.93 bits per heavy atom. The Balaban J connectivity index is 0.00000364. The SMILES string of the molecule is CC(C)(C)NC(=O)COc1ccc(Cl)cc1CNCCN1CCOCC1.Cl.Cl. The molecule has 0 aromatic heterocycles. The third kappa shape index (κ3) is 10.7. The largest absolute Gasteiger partial charge is 0.483 e. The van der Waals surface area contributed by atoms with Gasteiger partial charge in [0.1, 0.15) is 5.75 Å². The highest BCUT2D eigenvalue weighted by molar-refractivity contribution is 6.30. The van der Waals surface area contributed by atoms with E-state index in [1.807, 2.05) is 32.9 Å². The van der Waals surface area contributed by atoms with Crippen LogP contribution in [0.5, 0.6) is 5.75 Å². The Bertz CT molecular complexity index is 592. The van der Waals surface area contributed by atoms with Crippen molar-refractivity contribution in [3.63, 3.8) is 0 Å². The highest BCUT2D eigenvalue weighted by Crippen LogP contribution is 2.23. The average molecular weight is 457 g/mol. The van der Waals surface area contributed by atoms with E-state index in [9.17, 15) is 4.79 Å². The number of nitrogens with zero attached hydrogens (tertiary/aromatic N) is 1. The molecule has 0 saturated carbocycles. The van der Waals surface area contributed by atoms with Crippen LogP contribution >= 0.6 is 36.4 Å². The van der Waals surface area contributed by atoms with Crippen LogP contribution in [-0.4, -0.2) is 62.3 Å². The lowest BCUT2D eigenvalue weighted by molar-refractivity contribution is -0.124. The zero-order valence-electron chi connectivity index (χ0n) is 16.8. The minimum atomic E-state index is -0.273.